The smallest absolute Gasteiger partial charge is 0.310 e. The van der Waals surface area contributed by atoms with Gasteiger partial charge in [-0.2, -0.15) is 0 Å². The molecule has 0 bridgehead atoms. The van der Waals surface area contributed by atoms with E-state index in [9.17, 15) is 4.79 Å². The van der Waals surface area contributed by atoms with E-state index in [1.165, 1.54) is 0 Å². The van der Waals surface area contributed by atoms with Gasteiger partial charge in [0.15, 0.2) is 0 Å². The number of hydrogen-bond donors (Lipinski definition) is 0. The van der Waals surface area contributed by atoms with E-state index >= 15 is 0 Å². The maximum absolute atomic E-state index is 12.1. The lowest BCUT2D eigenvalue weighted by atomic mass is 10.1. The number of aryl methyl sites for hydroxylation is 1. The first-order valence-corrected chi connectivity index (χ1v) is 8.60. The van der Waals surface area contributed by atoms with Crippen molar-refractivity contribution in [2.24, 2.45) is 0 Å². The molecule has 3 aromatic rings. The summed E-state index contributed by atoms with van der Waals surface area (Å²) >= 11 is 1.63. The van der Waals surface area contributed by atoms with E-state index in [1.807, 2.05) is 55.6 Å². The molecule has 1 unspecified atom stereocenters. The maximum Gasteiger partial charge on any atom is 0.310 e. The third-order valence-electron chi connectivity index (χ3n) is 3.68. The van der Waals surface area contributed by atoms with E-state index in [4.69, 9.17) is 4.74 Å². The van der Waals surface area contributed by atoms with Gasteiger partial charge in [0.25, 0.3) is 0 Å². The number of hydrogen-bond acceptors (Lipinski definition) is 5. The number of pyridine rings is 1. The Morgan fingerprint density at radius 3 is 2.67 bits per heavy atom. The summed E-state index contributed by atoms with van der Waals surface area (Å²) in [7, 11) is 0. The van der Waals surface area contributed by atoms with Crippen LogP contribution >= 0.6 is 11.3 Å². The second kappa shape index (κ2) is 7.36. The van der Waals surface area contributed by atoms with Gasteiger partial charge in [0.05, 0.1) is 17.1 Å². The van der Waals surface area contributed by atoms with E-state index in [-0.39, 0.29) is 18.5 Å². The molecule has 5 heteroatoms. The van der Waals surface area contributed by atoms with Crippen LogP contribution in [0.2, 0.25) is 0 Å². The van der Waals surface area contributed by atoms with Gasteiger partial charge in [-0.15, -0.1) is 11.3 Å². The lowest BCUT2D eigenvalue weighted by molar-refractivity contribution is -0.147. The average Bonchev–Trinajstić information content (AvgIpc) is 3.02. The molecule has 1 aromatic carbocycles. The number of benzene rings is 1. The quantitative estimate of drug-likeness (QED) is 0.649. The minimum absolute atomic E-state index is 0.247. The third-order valence-corrected chi connectivity index (χ3v) is 4.45. The summed E-state index contributed by atoms with van der Waals surface area (Å²) in [5, 5.41) is 3.08. The van der Waals surface area contributed by atoms with E-state index < -0.39 is 0 Å². The molecule has 2 heterocycles. The number of nitrogens with zero attached hydrogens (tertiary/aromatic N) is 2. The molecule has 1 atom stereocenters. The van der Waals surface area contributed by atoms with Crippen molar-refractivity contribution in [2.45, 2.75) is 26.4 Å². The van der Waals surface area contributed by atoms with E-state index in [0.717, 1.165) is 27.4 Å². The minimum Gasteiger partial charge on any atom is -0.457 e. The van der Waals surface area contributed by atoms with Gasteiger partial charge in [0.2, 0.25) is 0 Å². The molecule has 0 spiro atoms. The van der Waals surface area contributed by atoms with Crippen molar-refractivity contribution in [1.29, 1.82) is 0 Å². The van der Waals surface area contributed by atoms with Gasteiger partial charge in [0, 0.05) is 28.9 Å². The second-order valence-corrected chi connectivity index (χ2v) is 6.61. The van der Waals surface area contributed by atoms with Crippen molar-refractivity contribution in [3.05, 3.63) is 70.3 Å². The zero-order chi connectivity index (χ0) is 16.9. The van der Waals surface area contributed by atoms with Gasteiger partial charge in [-0.3, -0.25) is 9.78 Å². The Kier molecular flexibility index (Phi) is 5.01. The highest BCUT2D eigenvalue weighted by atomic mass is 32.1. The number of rotatable bonds is 5. The molecule has 0 saturated heterocycles. The normalized spacial score (nSPS) is 11.9. The highest BCUT2D eigenvalue weighted by Crippen LogP contribution is 2.22. The van der Waals surface area contributed by atoms with Crippen LogP contribution in [0.5, 0.6) is 0 Å². The summed E-state index contributed by atoms with van der Waals surface area (Å²) in [6.07, 6.45) is 3.36. The summed E-state index contributed by atoms with van der Waals surface area (Å²) < 4.78 is 5.47. The molecular formula is C19H18N2O2S. The largest absolute Gasteiger partial charge is 0.457 e. The Labute approximate surface area is 145 Å². The Morgan fingerprint density at radius 2 is 2.04 bits per heavy atom. The molecule has 0 aliphatic rings. The monoisotopic (exact) mass is 338 g/mol. The first-order chi connectivity index (χ1) is 11.6. The van der Waals surface area contributed by atoms with Crippen LogP contribution in [0.1, 0.15) is 29.2 Å². The van der Waals surface area contributed by atoms with Gasteiger partial charge in [0.1, 0.15) is 6.10 Å². The van der Waals surface area contributed by atoms with Gasteiger partial charge >= 0.3 is 5.97 Å². The molecule has 0 aliphatic heterocycles. The van der Waals surface area contributed by atoms with E-state index in [2.05, 4.69) is 9.97 Å². The maximum atomic E-state index is 12.1. The molecule has 0 N–H and O–H groups in total. The van der Waals surface area contributed by atoms with Gasteiger partial charge in [-0.05, 0) is 25.5 Å². The van der Waals surface area contributed by atoms with E-state index in [0.29, 0.717) is 0 Å². The molecule has 3 rings (SSSR count). The minimum atomic E-state index is -0.302. The molecule has 122 valence electrons. The molecule has 24 heavy (non-hydrogen) atoms. The fourth-order valence-corrected chi connectivity index (χ4v) is 3.00. The highest BCUT2D eigenvalue weighted by Gasteiger charge is 2.12. The summed E-state index contributed by atoms with van der Waals surface area (Å²) in [5.41, 5.74) is 3.84. The number of carbonyl (C=O) groups is 1. The Balaban J connectivity index is 1.60. The second-order valence-electron chi connectivity index (χ2n) is 5.54. The van der Waals surface area contributed by atoms with Crippen LogP contribution in [-0.2, 0) is 16.0 Å². The van der Waals surface area contributed by atoms with Crippen LogP contribution in [-0.4, -0.2) is 15.9 Å². The highest BCUT2D eigenvalue weighted by molar-refractivity contribution is 7.09. The molecule has 0 amide bonds. The van der Waals surface area contributed by atoms with Crippen molar-refractivity contribution in [3.63, 3.8) is 0 Å². The third kappa shape index (κ3) is 4.06. The molecule has 0 saturated carbocycles. The summed E-state index contributed by atoms with van der Waals surface area (Å²) in [4.78, 5) is 20.6. The van der Waals surface area contributed by atoms with Crippen LogP contribution in [0.3, 0.4) is 0 Å². The predicted molar refractivity (Wildman–Crippen MR) is 94.7 cm³/mol. The predicted octanol–water partition coefficient (Wildman–Crippen LogP) is 4.36. The Morgan fingerprint density at radius 1 is 1.25 bits per heavy atom. The molecule has 0 radical (unpaired) electrons. The van der Waals surface area contributed by atoms with Crippen molar-refractivity contribution in [1.82, 2.24) is 9.97 Å². The SMILES string of the molecule is Cc1nc(-c2ccc(CC(=O)OC(C)c3cccnc3)cc2)cs1. The number of thiazole rings is 1. The molecule has 2 aromatic heterocycles. The fraction of sp³-hybridized carbons (Fsp3) is 0.211. The summed E-state index contributed by atoms with van der Waals surface area (Å²) in [6, 6.07) is 11.6. The standard InChI is InChI=1S/C19H18N2O2S/c1-13(17-4-3-9-20-11-17)23-19(22)10-15-5-7-16(8-6-15)18-12-24-14(2)21-18/h3-9,11-13H,10H2,1-2H3. The fourth-order valence-electron chi connectivity index (χ4n) is 2.38. The molecule has 4 nitrogen and oxygen atoms in total. The van der Waals surface area contributed by atoms with Crippen molar-refractivity contribution < 1.29 is 9.53 Å². The van der Waals surface area contributed by atoms with Crippen LogP contribution in [0.25, 0.3) is 11.3 Å². The first kappa shape index (κ1) is 16.3. The Bertz CT molecular complexity index is 813. The van der Waals surface area contributed by atoms with Crippen LogP contribution in [0, 0.1) is 6.92 Å². The van der Waals surface area contributed by atoms with Crippen molar-refractivity contribution in [2.75, 3.05) is 0 Å². The zero-order valence-electron chi connectivity index (χ0n) is 13.6. The van der Waals surface area contributed by atoms with Gasteiger partial charge < -0.3 is 4.74 Å². The summed E-state index contributed by atoms with van der Waals surface area (Å²) in [5.74, 6) is -0.247. The van der Waals surface area contributed by atoms with E-state index in [1.54, 1.807) is 23.7 Å². The topological polar surface area (TPSA) is 52.1 Å². The Hall–Kier alpha value is -2.53. The van der Waals surface area contributed by atoms with Crippen molar-refractivity contribution in [3.8, 4) is 11.3 Å². The van der Waals surface area contributed by atoms with Crippen LogP contribution < -0.4 is 0 Å². The molecule has 0 fully saturated rings. The average molecular weight is 338 g/mol. The molecule has 0 aliphatic carbocycles. The zero-order valence-corrected chi connectivity index (χ0v) is 14.4. The summed E-state index contributed by atoms with van der Waals surface area (Å²) in [6.45, 7) is 3.84. The lowest BCUT2D eigenvalue weighted by Gasteiger charge is -2.13. The lowest BCUT2D eigenvalue weighted by Crippen LogP contribution is -2.11. The number of ether oxygens (including phenoxy) is 1. The number of carbonyl (C=O) groups excluding carboxylic acids is 1. The molecular weight excluding hydrogens is 320 g/mol. The van der Waals surface area contributed by atoms with Gasteiger partial charge in [-0.1, -0.05) is 30.3 Å². The van der Waals surface area contributed by atoms with Crippen molar-refractivity contribution >= 4 is 17.3 Å². The number of aromatic nitrogens is 2. The van der Waals surface area contributed by atoms with Crippen LogP contribution in [0.4, 0.5) is 0 Å². The first-order valence-electron chi connectivity index (χ1n) is 7.72. The van der Waals surface area contributed by atoms with Crippen LogP contribution in [0.15, 0.2) is 54.2 Å². The van der Waals surface area contributed by atoms with Gasteiger partial charge in [-0.25, -0.2) is 4.98 Å². The number of esters is 1.